The fraction of sp³-hybridized carbons (Fsp3) is 0.667. The number of carbonyl (C=O) groups excluding carboxylic acids is 3. The van der Waals surface area contributed by atoms with E-state index < -0.39 is 61.1 Å². The Morgan fingerprint density at radius 2 is 1.39 bits per heavy atom. The Bertz CT molecular complexity index is 457. The number of nitrogens with one attached hydrogen (secondary N) is 3. The van der Waals surface area contributed by atoms with Crippen LogP contribution < -0.4 is 21.7 Å². The minimum atomic E-state index is -1.38. The van der Waals surface area contributed by atoms with E-state index in [0.717, 1.165) is 0 Å². The molecule has 0 saturated heterocycles. The van der Waals surface area contributed by atoms with Gasteiger partial charge in [0.15, 0.2) is 0 Å². The van der Waals surface area contributed by atoms with Crippen molar-refractivity contribution in [2.24, 2.45) is 5.73 Å². The first-order valence-electron chi connectivity index (χ1n) is 6.75. The second kappa shape index (κ2) is 9.71. The van der Waals surface area contributed by atoms with Gasteiger partial charge in [0.25, 0.3) is 0 Å². The van der Waals surface area contributed by atoms with Crippen molar-refractivity contribution in [2.45, 2.75) is 38.0 Å². The Morgan fingerprint density at radius 1 is 0.870 bits per heavy atom. The molecule has 8 N–H and O–H groups in total. The van der Waals surface area contributed by atoms with E-state index in [2.05, 4.69) is 16.0 Å². The summed E-state index contributed by atoms with van der Waals surface area (Å²) in [6.07, 6.45) is 0. The number of aliphatic carboxylic acids is 1. The van der Waals surface area contributed by atoms with Crippen molar-refractivity contribution in [2.75, 3.05) is 13.2 Å². The summed E-state index contributed by atoms with van der Waals surface area (Å²) in [7, 11) is 0. The number of carboxylic acid groups (broad SMARTS) is 1. The van der Waals surface area contributed by atoms with Gasteiger partial charge in [-0.25, -0.2) is 0 Å². The highest BCUT2D eigenvalue weighted by molar-refractivity contribution is 5.93. The number of amides is 3. The molecule has 11 heteroatoms. The summed E-state index contributed by atoms with van der Waals surface area (Å²) in [5.74, 6) is -3.72. The van der Waals surface area contributed by atoms with Gasteiger partial charge in [-0.05, 0) is 13.8 Å². The molecule has 0 fully saturated rings. The molecule has 3 amide bonds. The van der Waals surface area contributed by atoms with Crippen LogP contribution in [-0.4, -0.2) is 76.4 Å². The standard InChI is InChI=1S/C12H22N4O7/c1-5(14-10(20)7(13)3-17)9(19)16-8(4-18)11(21)15-6(2)12(22)23/h5-8,17-18H,3-4,13H2,1-2H3,(H,14,20)(H,15,21)(H,16,19)(H,22,23). The fourth-order valence-corrected chi connectivity index (χ4v) is 1.34. The Balaban J connectivity index is 4.61. The van der Waals surface area contributed by atoms with E-state index in [1.807, 2.05) is 0 Å². The van der Waals surface area contributed by atoms with E-state index >= 15 is 0 Å². The number of aliphatic hydroxyl groups excluding tert-OH is 2. The van der Waals surface area contributed by atoms with Crippen molar-refractivity contribution in [3.8, 4) is 0 Å². The Kier molecular flexibility index (Phi) is 8.77. The summed E-state index contributed by atoms with van der Waals surface area (Å²) >= 11 is 0. The van der Waals surface area contributed by atoms with E-state index in [4.69, 9.17) is 21.1 Å². The van der Waals surface area contributed by atoms with Gasteiger partial charge in [0, 0.05) is 0 Å². The fourth-order valence-electron chi connectivity index (χ4n) is 1.34. The van der Waals surface area contributed by atoms with Crippen LogP contribution >= 0.6 is 0 Å². The van der Waals surface area contributed by atoms with Gasteiger partial charge < -0.3 is 37.0 Å². The number of carbonyl (C=O) groups is 4. The number of hydrogen-bond acceptors (Lipinski definition) is 7. The van der Waals surface area contributed by atoms with E-state index in [-0.39, 0.29) is 0 Å². The third-order valence-electron chi connectivity index (χ3n) is 2.83. The first kappa shape index (κ1) is 20.8. The second-order valence-electron chi connectivity index (χ2n) is 4.83. The van der Waals surface area contributed by atoms with Crippen LogP contribution in [0.4, 0.5) is 0 Å². The van der Waals surface area contributed by atoms with Crippen molar-refractivity contribution < 1.29 is 34.5 Å². The normalized spacial score (nSPS) is 15.7. The van der Waals surface area contributed by atoms with Crippen molar-refractivity contribution >= 4 is 23.7 Å². The van der Waals surface area contributed by atoms with E-state index in [1.165, 1.54) is 13.8 Å². The predicted octanol–water partition coefficient (Wildman–Crippen LogP) is -4.12. The van der Waals surface area contributed by atoms with Crippen LogP contribution in [0.1, 0.15) is 13.8 Å². The summed E-state index contributed by atoms with van der Waals surface area (Å²) in [5, 5.41) is 33.0. The molecule has 0 aromatic carbocycles. The molecular weight excluding hydrogens is 312 g/mol. The predicted molar refractivity (Wildman–Crippen MR) is 76.9 cm³/mol. The lowest BCUT2D eigenvalue weighted by Gasteiger charge is -2.21. The van der Waals surface area contributed by atoms with Gasteiger partial charge in [0.05, 0.1) is 13.2 Å². The van der Waals surface area contributed by atoms with E-state index in [0.29, 0.717) is 0 Å². The molecule has 11 nitrogen and oxygen atoms in total. The first-order valence-corrected chi connectivity index (χ1v) is 6.75. The maximum absolute atomic E-state index is 11.8. The summed E-state index contributed by atoms with van der Waals surface area (Å²) < 4.78 is 0. The van der Waals surface area contributed by atoms with Crippen LogP contribution in [-0.2, 0) is 19.2 Å². The molecule has 4 unspecified atom stereocenters. The molecule has 23 heavy (non-hydrogen) atoms. The lowest BCUT2D eigenvalue weighted by atomic mass is 10.2. The summed E-state index contributed by atoms with van der Waals surface area (Å²) in [6.45, 7) is 1.16. The average molecular weight is 334 g/mol. The SMILES string of the molecule is CC(NC(=O)C(CO)NC(=O)C(C)NC(=O)C(N)CO)C(=O)O. The third-order valence-corrected chi connectivity index (χ3v) is 2.83. The third kappa shape index (κ3) is 7.04. The second-order valence-corrected chi connectivity index (χ2v) is 4.83. The molecule has 0 aliphatic rings. The van der Waals surface area contributed by atoms with Crippen LogP contribution in [0.15, 0.2) is 0 Å². The molecule has 0 saturated carbocycles. The molecule has 0 aliphatic heterocycles. The number of rotatable bonds is 9. The zero-order valence-electron chi connectivity index (χ0n) is 12.8. The molecule has 132 valence electrons. The number of aliphatic hydroxyl groups is 2. The molecule has 0 aliphatic carbocycles. The molecule has 0 radical (unpaired) electrons. The molecular formula is C12H22N4O7. The molecule has 0 aromatic heterocycles. The summed E-state index contributed by atoms with van der Waals surface area (Å²) in [6, 6.07) is -4.86. The summed E-state index contributed by atoms with van der Waals surface area (Å²) in [5.41, 5.74) is 5.27. The van der Waals surface area contributed by atoms with Gasteiger partial charge in [0.2, 0.25) is 17.7 Å². The average Bonchev–Trinajstić information content (AvgIpc) is 2.50. The Labute approximate surface area is 132 Å². The quantitative estimate of drug-likeness (QED) is 0.221. The lowest BCUT2D eigenvalue weighted by molar-refractivity contribution is -0.142. The molecule has 0 spiro atoms. The van der Waals surface area contributed by atoms with Gasteiger partial charge in [-0.3, -0.25) is 19.2 Å². The number of carboxylic acids is 1. The smallest absolute Gasteiger partial charge is 0.325 e. The summed E-state index contributed by atoms with van der Waals surface area (Å²) in [4.78, 5) is 45.7. The molecule has 0 heterocycles. The highest BCUT2D eigenvalue weighted by Crippen LogP contribution is 1.91. The van der Waals surface area contributed by atoms with Crippen LogP contribution in [0.25, 0.3) is 0 Å². The van der Waals surface area contributed by atoms with Crippen molar-refractivity contribution in [3.05, 3.63) is 0 Å². The lowest BCUT2D eigenvalue weighted by Crippen LogP contribution is -2.57. The highest BCUT2D eigenvalue weighted by Gasteiger charge is 2.26. The molecule has 0 aromatic rings. The zero-order chi connectivity index (χ0) is 18.2. The molecule has 0 rings (SSSR count). The van der Waals surface area contributed by atoms with Crippen LogP contribution in [0, 0.1) is 0 Å². The molecule has 4 atom stereocenters. The van der Waals surface area contributed by atoms with Gasteiger partial charge in [0.1, 0.15) is 24.2 Å². The topological polar surface area (TPSA) is 191 Å². The maximum atomic E-state index is 11.8. The maximum Gasteiger partial charge on any atom is 0.325 e. The Morgan fingerprint density at radius 3 is 1.83 bits per heavy atom. The highest BCUT2D eigenvalue weighted by atomic mass is 16.4. The minimum absolute atomic E-state index is 0.602. The van der Waals surface area contributed by atoms with E-state index in [1.54, 1.807) is 0 Å². The van der Waals surface area contributed by atoms with Crippen molar-refractivity contribution in [1.82, 2.24) is 16.0 Å². The first-order chi connectivity index (χ1) is 10.6. The van der Waals surface area contributed by atoms with E-state index in [9.17, 15) is 19.2 Å². The van der Waals surface area contributed by atoms with Gasteiger partial charge >= 0.3 is 5.97 Å². The van der Waals surface area contributed by atoms with Crippen molar-refractivity contribution in [1.29, 1.82) is 0 Å². The largest absolute Gasteiger partial charge is 0.480 e. The van der Waals surface area contributed by atoms with Crippen LogP contribution in [0.2, 0.25) is 0 Å². The Hall–Kier alpha value is -2.24. The monoisotopic (exact) mass is 334 g/mol. The van der Waals surface area contributed by atoms with Crippen molar-refractivity contribution in [3.63, 3.8) is 0 Å². The van der Waals surface area contributed by atoms with Gasteiger partial charge in [-0.2, -0.15) is 0 Å². The number of hydrogen-bond donors (Lipinski definition) is 7. The number of nitrogens with two attached hydrogens (primary N) is 1. The van der Waals surface area contributed by atoms with Gasteiger partial charge in [-0.1, -0.05) is 0 Å². The minimum Gasteiger partial charge on any atom is -0.480 e. The van der Waals surface area contributed by atoms with Crippen LogP contribution in [0.3, 0.4) is 0 Å². The molecule has 0 bridgehead atoms. The van der Waals surface area contributed by atoms with Gasteiger partial charge in [-0.15, -0.1) is 0 Å². The zero-order valence-corrected chi connectivity index (χ0v) is 12.8. The van der Waals surface area contributed by atoms with Crippen LogP contribution in [0.5, 0.6) is 0 Å².